The molecule has 2 aromatic rings. The van der Waals surface area contributed by atoms with Gasteiger partial charge in [-0.3, -0.25) is 4.79 Å². The highest BCUT2D eigenvalue weighted by Gasteiger charge is 2.05. The normalized spacial score (nSPS) is 10.4. The van der Waals surface area contributed by atoms with Crippen LogP contribution < -0.4 is 5.56 Å². The van der Waals surface area contributed by atoms with Crippen molar-refractivity contribution in [3.05, 3.63) is 32.6 Å². The first kappa shape index (κ1) is 9.54. The van der Waals surface area contributed by atoms with Crippen molar-refractivity contribution in [3.63, 3.8) is 0 Å². The fourth-order valence-corrected chi connectivity index (χ4v) is 2.11. The number of nitrogens with zero attached hydrogens (tertiary/aromatic N) is 3. The summed E-state index contributed by atoms with van der Waals surface area (Å²) in [7, 11) is 1.71. The molecule has 6 heteroatoms. The molecule has 0 amide bonds. The van der Waals surface area contributed by atoms with E-state index in [2.05, 4.69) is 26.1 Å². The van der Waals surface area contributed by atoms with Gasteiger partial charge in [0.2, 0.25) is 0 Å². The van der Waals surface area contributed by atoms with Crippen molar-refractivity contribution in [2.75, 3.05) is 0 Å². The first-order valence-electron chi connectivity index (χ1n) is 3.83. The summed E-state index contributed by atoms with van der Waals surface area (Å²) in [5, 5.41) is 8.50. The molecule has 0 spiro atoms. The Labute approximate surface area is 92.4 Å². The van der Waals surface area contributed by atoms with Gasteiger partial charge in [0.15, 0.2) is 3.92 Å². The molecule has 0 aromatic carbocycles. The second-order valence-corrected chi connectivity index (χ2v) is 4.98. The third-order valence-electron chi connectivity index (χ3n) is 1.75. The monoisotopic (exact) mass is 271 g/mol. The topological polar surface area (TPSA) is 47.8 Å². The van der Waals surface area contributed by atoms with Crippen molar-refractivity contribution in [3.8, 4) is 10.6 Å². The maximum atomic E-state index is 11.3. The predicted octanol–water partition coefficient (Wildman–Crippen LogP) is 1.67. The van der Waals surface area contributed by atoms with E-state index in [1.807, 2.05) is 6.07 Å². The van der Waals surface area contributed by atoms with E-state index in [0.717, 1.165) is 10.6 Å². The molecule has 14 heavy (non-hydrogen) atoms. The molecule has 2 heterocycles. The van der Waals surface area contributed by atoms with Crippen LogP contribution in [-0.2, 0) is 7.05 Å². The summed E-state index contributed by atoms with van der Waals surface area (Å²) in [6.07, 6.45) is 1.72. The highest BCUT2D eigenvalue weighted by molar-refractivity contribution is 9.11. The molecule has 4 nitrogen and oxygen atoms in total. The number of aryl methyl sites for hydroxylation is 1. The lowest BCUT2D eigenvalue weighted by atomic mass is 10.3. The first-order valence-corrected chi connectivity index (χ1v) is 5.44. The Bertz CT molecular complexity index is 519. The Balaban J connectivity index is 2.53. The lowest BCUT2D eigenvalue weighted by Crippen LogP contribution is -2.13. The quantitative estimate of drug-likeness (QED) is 0.793. The van der Waals surface area contributed by atoms with Crippen molar-refractivity contribution in [1.29, 1.82) is 0 Å². The van der Waals surface area contributed by atoms with Crippen molar-refractivity contribution in [1.82, 2.24) is 14.8 Å². The SMILES string of the molecule is Cn1ccc(-c2nnc(Br)s2)cc1=O. The molecule has 0 radical (unpaired) electrons. The molecular weight excluding hydrogens is 266 g/mol. The average molecular weight is 272 g/mol. The fourth-order valence-electron chi connectivity index (χ4n) is 1.00. The smallest absolute Gasteiger partial charge is 0.250 e. The van der Waals surface area contributed by atoms with Crippen LogP contribution in [0.1, 0.15) is 0 Å². The highest BCUT2D eigenvalue weighted by atomic mass is 79.9. The molecule has 0 aliphatic rings. The molecule has 0 N–H and O–H groups in total. The molecular formula is C8H6BrN3OS. The van der Waals surface area contributed by atoms with Gasteiger partial charge in [-0.15, -0.1) is 10.2 Å². The molecule has 0 fully saturated rings. The van der Waals surface area contributed by atoms with Gasteiger partial charge < -0.3 is 4.57 Å². The van der Waals surface area contributed by atoms with Crippen LogP contribution in [0.25, 0.3) is 10.6 Å². The Hall–Kier alpha value is -1.01. The summed E-state index contributed by atoms with van der Waals surface area (Å²) >= 11 is 4.63. The predicted molar refractivity (Wildman–Crippen MR) is 58.3 cm³/mol. The van der Waals surface area contributed by atoms with E-state index >= 15 is 0 Å². The van der Waals surface area contributed by atoms with E-state index in [1.165, 1.54) is 15.9 Å². The third kappa shape index (κ3) is 1.76. The van der Waals surface area contributed by atoms with Crippen LogP contribution in [0.5, 0.6) is 0 Å². The minimum Gasteiger partial charge on any atom is -0.319 e. The van der Waals surface area contributed by atoms with Crippen LogP contribution in [0.2, 0.25) is 0 Å². The Kier molecular flexibility index (Phi) is 2.47. The van der Waals surface area contributed by atoms with Crippen molar-refractivity contribution >= 4 is 27.3 Å². The zero-order valence-electron chi connectivity index (χ0n) is 7.27. The number of rotatable bonds is 1. The van der Waals surface area contributed by atoms with Crippen LogP contribution in [0.15, 0.2) is 27.0 Å². The van der Waals surface area contributed by atoms with Gasteiger partial charge in [0, 0.05) is 24.9 Å². The van der Waals surface area contributed by atoms with Crippen LogP contribution in [0.4, 0.5) is 0 Å². The van der Waals surface area contributed by atoms with E-state index in [0.29, 0.717) is 3.92 Å². The first-order chi connectivity index (χ1) is 6.66. The fraction of sp³-hybridized carbons (Fsp3) is 0.125. The number of hydrogen-bond donors (Lipinski definition) is 0. The summed E-state index contributed by atoms with van der Waals surface area (Å²) in [6, 6.07) is 3.39. The molecule has 0 atom stereocenters. The summed E-state index contributed by atoms with van der Waals surface area (Å²) in [6.45, 7) is 0. The molecule has 0 aliphatic carbocycles. The van der Waals surface area contributed by atoms with E-state index in [4.69, 9.17) is 0 Å². The van der Waals surface area contributed by atoms with E-state index < -0.39 is 0 Å². The average Bonchev–Trinajstić information content (AvgIpc) is 2.57. The Morgan fingerprint density at radius 1 is 1.50 bits per heavy atom. The van der Waals surface area contributed by atoms with Crippen LogP contribution in [0.3, 0.4) is 0 Å². The van der Waals surface area contributed by atoms with Crippen LogP contribution >= 0.6 is 27.3 Å². The number of pyridine rings is 1. The molecule has 0 saturated carbocycles. The molecule has 72 valence electrons. The van der Waals surface area contributed by atoms with Gasteiger partial charge in [-0.05, 0) is 22.0 Å². The van der Waals surface area contributed by atoms with Gasteiger partial charge >= 0.3 is 0 Å². The molecule has 0 saturated heterocycles. The molecule has 2 aromatic heterocycles. The summed E-state index contributed by atoms with van der Waals surface area (Å²) in [5.41, 5.74) is 0.755. The summed E-state index contributed by atoms with van der Waals surface area (Å²) in [4.78, 5) is 11.3. The second kappa shape index (κ2) is 3.62. The number of hydrogen-bond acceptors (Lipinski definition) is 4. The van der Waals surface area contributed by atoms with Gasteiger partial charge in [-0.1, -0.05) is 11.3 Å². The van der Waals surface area contributed by atoms with E-state index in [9.17, 15) is 4.79 Å². The Morgan fingerprint density at radius 2 is 2.29 bits per heavy atom. The maximum absolute atomic E-state index is 11.3. The summed E-state index contributed by atoms with van der Waals surface area (Å²) < 4.78 is 2.23. The van der Waals surface area contributed by atoms with E-state index in [1.54, 1.807) is 19.3 Å². The zero-order chi connectivity index (χ0) is 10.1. The second-order valence-electron chi connectivity index (χ2n) is 2.72. The third-order valence-corrected chi connectivity index (χ3v) is 3.16. The van der Waals surface area contributed by atoms with Gasteiger partial charge in [0.05, 0.1) is 0 Å². The zero-order valence-corrected chi connectivity index (χ0v) is 9.67. The minimum atomic E-state index is -0.0474. The number of halogens is 1. The lowest BCUT2D eigenvalue weighted by molar-refractivity contribution is 0.861. The van der Waals surface area contributed by atoms with Crippen LogP contribution in [0, 0.1) is 0 Å². The number of aromatic nitrogens is 3. The largest absolute Gasteiger partial charge is 0.319 e. The lowest BCUT2D eigenvalue weighted by Gasteiger charge is -1.97. The van der Waals surface area contributed by atoms with Gasteiger partial charge in [-0.25, -0.2) is 0 Å². The van der Waals surface area contributed by atoms with Crippen LogP contribution in [-0.4, -0.2) is 14.8 Å². The minimum absolute atomic E-state index is 0.0474. The summed E-state index contributed by atoms with van der Waals surface area (Å²) in [5.74, 6) is 0. The van der Waals surface area contributed by atoms with Crippen molar-refractivity contribution < 1.29 is 0 Å². The van der Waals surface area contributed by atoms with Gasteiger partial charge in [0.1, 0.15) is 5.01 Å². The van der Waals surface area contributed by atoms with Gasteiger partial charge in [0.25, 0.3) is 5.56 Å². The standard InChI is InChI=1S/C8H6BrN3OS/c1-12-3-2-5(4-6(12)13)7-10-11-8(9)14-7/h2-4H,1H3. The van der Waals surface area contributed by atoms with Gasteiger partial charge in [-0.2, -0.15) is 0 Å². The van der Waals surface area contributed by atoms with Crippen molar-refractivity contribution in [2.24, 2.45) is 7.05 Å². The highest BCUT2D eigenvalue weighted by Crippen LogP contribution is 2.24. The Morgan fingerprint density at radius 3 is 2.86 bits per heavy atom. The molecule has 0 aliphatic heterocycles. The van der Waals surface area contributed by atoms with Crippen molar-refractivity contribution in [2.45, 2.75) is 0 Å². The van der Waals surface area contributed by atoms with E-state index in [-0.39, 0.29) is 5.56 Å². The molecule has 2 rings (SSSR count). The maximum Gasteiger partial charge on any atom is 0.250 e. The molecule has 0 bridgehead atoms. The molecule has 0 unspecified atom stereocenters.